The first kappa shape index (κ1) is 18.5. The number of aliphatic hydroxyl groups is 1. The van der Waals surface area contributed by atoms with Crippen LogP contribution >= 0.6 is 0 Å². The maximum Gasteiger partial charge on any atom is 0.255 e. The molecule has 138 valence electrons. The summed E-state index contributed by atoms with van der Waals surface area (Å²) in [5.41, 5.74) is 0.861. The van der Waals surface area contributed by atoms with E-state index >= 15 is 0 Å². The van der Waals surface area contributed by atoms with Crippen LogP contribution < -0.4 is 5.32 Å². The normalized spacial score (nSPS) is 18.9. The highest BCUT2D eigenvalue weighted by atomic mass is 32.2. The number of nitrogens with one attached hydrogen (secondary N) is 1. The fraction of sp³-hybridized carbons (Fsp3) is 0.278. The van der Waals surface area contributed by atoms with Crippen LogP contribution in [0.1, 0.15) is 10.4 Å². The number of amides is 1. The quantitative estimate of drug-likeness (QED) is 0.839. The van der Waals surface area contributed by atoms with Crippen molar-refractivity contribution < 1.29 is 23.1 Å². The third-order valence-corrected chi connectivity index (χ3v) is 5.84. The fourth-order valence-electron chi connectivity index (χ4n) is 2.65. The van der Waals surface area contributed by atoms with Gasteiger partial charge in [-0.15, -0.1) is 0 Å². The van der Waals surface area contributed by atoms with Crippen LogP contribution in [0.5, 0.6) is 0 Å². The van der Waals surface area contributed by atoms with Gasteiger partial charge in [-0.2, -0.15) is 4.31 Å². The third-order valence-electron chi connectivity index (χ3n) is 3.98. The van der Waals surface area contributed by atoms with E-state index in [0.717, 1.165) is 0 Å². The molecule has 1 aliphatic heterocycles. The lowest BCUT2D eigenvalue weighted by Gasteiger charge is -2.21. The fourth-order valence-corrected chi connectivity index (χ4v) is 4.16. The van der Waals surface area contributed by atoms with Crippen molar-refractivity contribution in [1.82, 2.24) is 4.31 Å². The second-order valence-corrected chi connectivity index (χ2v) is 7.88. The summed E-state index contributed by atoms with van der Waals surface area (Å²) in [6.45, 7) is 0.429. The Morgan fingerprint density at radius 2 is 1.92 bits per heavy atom. The number of carbonyl (C=O) groups excluding carboxylic acids is 1. The van der Waals surface area contributed by atoms with Crippen molar-refractivity contribution in [3.63, 3.8) is 0 Å². The van der Waals surface area contributed by atoms with E-state index < -0.39 is 22.0 Å². The number of benzene rings is 2. The van der Waals surface area contributed by atoms with Gasteiger partial charge in [0.1, 0.15) is 0 Å². The average molecular weight is 376 g/mol. The number of nitrogens with zero attached hydrogens (tertiary/aromatic N) is 1. The lowest BCUT2D eigenvalue weighted by Crippen LogP contribution is -2.37. The largest absolute Gasteiger partial charge is 0.389 e. The predicted octanol–water partition coefficient (Wildman–Crippen LogP) is 1.32. The average Bonchev–Trinajstić information content (AvgIpc) is 2.87. The highest BCUT2D eigenvalue weighted by molar-refractivity contribution is 7.89. The number of hydrogen-bond acceptors (Lipinski definition) is 5. The summed E-state index contributed by atoms with van der Waals surface area (Å²) < 4.78 is 32.0. The van der Waals surface area contributed by atoms with Crippen molar-refractivity contribution in [2.75, 3.05) is 31.6 Å². The molecule has 0 unspecified atom stereocenters. The second kappa shape index (κ2) is 7.96. The summed E-state index contributed by atoms with van der Waals surface area (Å²) in [5.74, 6) is -0.396. The molecular weight excluding hydrogens is 356 g/mol. The minimum absolute atomic E-state index is 0.00677. The number of β-amino-alcohol motifs (C(OH)–C–C–N with tert-alkyl or cyclic N) is 1. The zero-order chi connectivity index (χ0) is 18.6. The molecule has 1 heterocycles. The first-order chi connectivity index (χ1) is 12.5. The number of carbonyl (C=O) groups is 1. The molecule has 0 spiro atoms. The van der Waals surface area contributed by atoms with Crippen LogP contribution in [0.3, 0.4) is 0 Å². The summed E-state index contributed by atoms with van der Waals surface area (Å²) in [5, 5.41) is 12.5. The van der Waals surface area contributed by atoms with Gasteiger partial charge < -0.3 is 15.2 Å². The van der Waals surface area contributed by atoms with Gasteiger partial charge in [0, 0.05) is 24.3 Å². The molecular formula is C18H20N2O5S. The van der Waals surface area contributed by atoms with E-state index in [1.807, 2.05) is 6.07 Å². The van der Waals surface area contributed by atoms with Gasteiger partial charge in [-0.1, -0.05) is 24.3 Å². The zero-order valence-electron chi connectivity index (χ0n) is 14.0. The molecule has 8 heteroatoms. The minimum atomic E-state index is -3.83. The second-order valence-electron chi connectivity index (χ2n) is 5.94. The van der Waals surface area contributed by atoms with Crippen LogP contribution in [-0.2, 0) is 14.8 Å². The Morgan fingerprint density at radius 3 is 2.69 bits per heavy atom. The summed E-state index contributed by atoms with van der Waals surface area (Å²) >= 11 is 0. The number of anilines is 1. The molecule has 0 aromatic heterocycles. The van der Waals surface area contributed by atoms with Crippen molar-refractivity contribution in [1.29, 1.82) is 0 Å². The summed E-state index contributed by atoms with van der Waals surface area (Å²) in [7, 11) is -3.83. The standard InChI is InChI=1S/C18H20N2O5S/c21-16-12-20(9-10-25-13-16)26(23,24)17-8-4-5-14(11-17)18(22)19-15-6-2-1-3-7-15/h1-8,11,16,21H,9-10,12-13H2,(H,19,22)/t16-/m1/s1. The lowest BCUT2D eigenvalue weighted by atomic mass is 10.2. The molecule has 1 fully saturated rings. The van der Waals surface area contributed by atoms with Gasteiger partial charge in [0.25, 0.3) is 5.91 Å². The molecule has 0 bridgehead atoms. The molecule has 1 aliphatic rings. The Labute approximate surface area is 152 Å². The summed E-state index contributed by atoms with van der Waals surface area (Å²) in [6, 6.07) is 14.8. The number of aliphatic hydroxyl groups excluding tert-OH is 1. The molecule has 2 aromatic rings. The van der Waals surface area contributed by atoms with Crippen molar-refractivity contribution >= 4 is 21.6 Å². The Morgan fingerprint density at radius 1 is 1.15 bits per heavy atom. The Hall–Kier alpha value is -2.26. The maximum absolute atomic E-state index is 12.8. The number of rotatable bonds is 4. The Bertz CT molecular complexity index is 870. The number of ether oxygens (including phenoxy) is 1. The van der Waals surface area contributed by atoms with E-state index in [9.17, 15) is 18.3 Å². The lowest BCUT2D eigenvalue weighted by molar-refractivity contribution is 0.0583. The molecule has 2 N–H and O–H groups in total. The number of sulfonamides is 1. The molecule has 1 amide bonds. The van der Waals surface area contributed by atoms with Gasteiger partial charge in [-0.25, -0.2) is 8.42 Å². The van der Waals surface area contributed by atoms with Gasteiger partial charge in [0.2, 0.25) is 10.0 Å². The van der Waals surface area contributed by atoms with Crippen molar-refractivity contribution in [2.45, 2.75) is 11.0 Å². The third kappa shape index (κ3) is 4.28. The van der Waals surface area contributed by atoms with Gasteiger partial charge in [-0.3, -0.25) is 4.79 Å². The van der Waals surface area contributed by atoms with Crippen LogP contribution in [-0.4, -0.2) is 56.1 Å². The Kier molecular flexibility index (Phi) is 5.67. The molecule has 0 saturated carbocycles. The predicted molar refractivity (Wildman–Crippen MR) is 96.4 cm³/mol. The van der Waals surface area contributed by atoms with E-state index in [-0.39, 0.29) is 36.8 Å². The van der Waals surface area contributed by atoms with Crippen LogP contribution in [0.2, 0.25) is 0 Å². The smallest absolute Gasteiger partial charge is 0.255 e. The molecule has 1 saturated heterocycles. The van der Waals surface area contributed by atoms with E-state index in [0.29, 0.717) is 5.69 Å². The maximum atomic E-state index is 12.8. The first-order valence-electron chi connectivity index (χ1n) is 8.19. The van der Waals surface area contributed by atoms with E-state index in [1.165, 1.54) is 22.5 Å². The number of hydrogen-bond donors (Lipinski definition) is 2. The van der Waals surface area contributed by atoms with Crippen molar-refractivity contribution in [3.8, 4) is 0 Å². The summed E-state index contributed by atoms with van der Waals surface area (Å²) in [4.78, 5) is 12.4. The van der Waals surface area contributed by atoms with Crippen molar-refractivity contribution in [3.05, 3.63) is 60.2 Å². The van der Waals surface area contributed by atoms with Gasteiger partial charge in [0.15, 0.2) is 0 Å². The minimum Gasteiger partial charge on any atom is -0.389 e. The van der Waals surface area contributed by atoms with E-state index in [4.69, 9.17) is 4.74 Å². The van der Waals surface area contributed by atoms with E-state index in [1.54, 1.807) is 30.3 Å². The molecule has 0 radical (unpaired) electrons. The highest BCUT2D eigenvalue weighted by Crippen LogP contribution is 2.19. The molecule has 26 heavy (non-hydrogen) atoms. The van der Waals surface area contributed by atoms with Crippen LogP contribution in [0.25, 0.3) is 0 Å². The van der Waals surface area contributed by atoms with Gasteiger partial charge in [-0.05, 0) is 30.3 Å². The molecule has 3 rings (SSSR count). The zero-order valence-corrected chi connectivity index (χ0v) is 14.9. The van der Waals surface area contributed by atoms with Crippen LogP contribution in [0.4, 0.5) is 5.69 Å². The van der Waals surface area contributed by atoms with Crippen LogP contribution in [0, 0.1) is 0 Å². The van der Waals surface area contributed by atoms with Crippen LogP contribution in [0.15, 0.2) is 59.5 Å². The SMILES string of the molecule is O=C(Nc1ccccc1)c1cccc(S(=O)(=O)N2CCOC[C@H](O)C2)c1. The van der Waals surface area contributed by atoms with Crippen molar-refractivity contribution in [2.24, 2.45) is 0 Å². The molecule has 2 aromatic carbocycles. The highest BCUT2D eigenvalue weighted by Gasteiger charge is 2.29. The Balaban J connectivity index is 1.82. The van der Waals surface area contributed by atoms with Gasteiger partial charge in [0.05, 0.1) is 24.2 Å². The van der Waals surface area contributed by atoms with E-state index in [2.05, 4.69) is 5.32 Å². The number of para-hydroxylation sites is 1. The monoisotopic (exact) mass is 376 g/mol. The van der Waals surface area contributed by atoms with Gasteiger partial charge >= 0.3 is 0 Å². The topological polar surface area (TPSA) is 95.9 Å². The molecule has 1 atom stereocenters. The molecule has 0 aliphatic carbocycles. The summed E-state index contributed by atoms with van der Waals surface area (Å²) in [6.07, 6.45) is -0.878. The first-order valence-corrected chi connectivity index (χ1v) is 9.63. The molecule has 7 nitrogen and oxygen atoms in total.